The minimum Gasteiger partial charge on any atom is -0.379 e. The highest BCUT2D eigenvalue weighted by molar-refractivity contribution is 5.94. The van der Waals surface area contributed by atoms with E-state index in [9.17, 15) is 18.0 Å². The van der Waals surface area contributed by atoms with Crippen molar-refractivity contribution in [2.75, 3.05) is 32.8 Å². The van der Waals surface area contributed by atoms with Crippen molar-refractivity contribution >= 4 is 5.91 Å². The highest BCUT2D eigenvalue weighted by atomic mass is 19.4. The lowest BCUT2D eigenvalue weighted by Gasteiger charge is -2.36. The first-order valence-electron chi connectivity index (χ1n) is 12.3. The van der Waals surface area contributed by atoms with Gasteiger partial charge < -0.3 is 9.64 Å². The van der Waals surface area contributed by atoms with Gasteiger partial charge in [-0.05, 0) is 54.7 Å². The van der Waals surface area contributed by atoms with Crippen molar-refractivity contribution in [3.05, 3.63) is 77.1 Å². The minimum atomic E-state index is -4.39. The molecule has 0 spiro atoms. The zero-order valence-electron chi connectivity index (χ0n) is 19.9. The first-order chi connectivity index (χ1) is 17.4. The van der Waals surface area contributed by atoms with E-state index >= 15 is 0 Å². The number of morpholine rings is 1. The number of amides is 1. The molecule has 2 aromatic carbocycles. The van der Waals surface area contributed by atoms with E-state index in [-0.39, 0.29) is 11.9 Å². The van der Waals surface area contributed by atoms with E-state index in [1.54, 1.807) is 6.20 Å². The molecule has 1 atom stereocenters. The number of carbonyl (C=O) groups is 1. The van der Waals surface area contributed by atoms with E-state index in [1.807, 2.05) is 29.2 Å². The number of hydrogen-bond donors (Lipinski definition) is 1. The topological polar surface area (TPSA) is 61.5 Å². The second kappa shape index (κ2) is 10.4. The van der Waals surface area contributed by atoms with Crippen LogP contribution in [0.3, 0.4) is 0 Å². The molecule has 5 rings (SSSR count). The number of ether oxygens (including phenoxy) is 1. The average Bonchev–Trinajstić information content (AvgIpc) is 3.39. The van der Waals surface area contributed by atoms with Crippen molar-refractivity contribution in [3.8, 4) is 11.1 Å². The number of piperidine rings is 1. The Kier molecular flexibility index (Phi) is 7.11. The lowest BCUT2D eigenvalue weighted by molar-refractivity contribution is -0.137. The molecule has 0 radical (unpaired) electrons. The van der Waals surface area contributed by atoms with Gasteiger partial charge in [-0.3, -0.25) is 14.8 Å². The number of aromatic amines is 1. The van der Waals surface area contributed by atoms with Gasteiger partial charge in [-0.25, -0.2) is 0 Å². The van der Waals surface area contributed by atoms with Crippen molar-refractivity contribution in [2.45, 2.75) is 38.0 Å². The molecule has 1 aromatic heterocycles. The van der Waals surface area contributed by atoms with Crippen LogP contribution in [0.25, 0.3) is 11.1 Å². The van der Waals surface area contributed by atoms with Gasteiger partial charge in [0.05, 0.1) is 36.7 Å². The third-order valence-corrected chi connectivity index (χ3v) is 7.00. The minimum absolute atomic E-state index is 0.0504. The molecule has 0 unspecified atom stereocenters. The van der Waals surface area contributed by atoms with Gasteiger partial charge in [0.1, 0.15) is 0 Å². The maximum Gasteiger partial charge on any atom is 0.416 e. The van der Waals surface area contributed by atoms with Crippen LogP contribution < -0.4 is 0 Å². The smallest absolute Gasteiger partial charge is 0.379 e. The first-order valence-corrected chi connectivity index (χ1v) is 12.3. The van der Waals surface area contributed by atoms with Crippen LogP contribution in [-0.2, 0) is 17.5 Å². The van der Waals surface area contributed by atoms with Gasteiger partial charge in [0.25, 0.3) is 5.91 Å². The summed E-state index contributed by atoms with van der Waals surface area (Å²) in [6, 6.07) is 12.6. The van der Waals surface area contributed by atoms with Crippen LogP contribution in [0.4, 0.5) is 13.2 Å². The van der Waals surface area contributed by atoms with Crippen LogP contribution in [0.2, 0.25) is 0 Å². The van der Waals surface area contributed by atoms with Gasteiger partial charge in [0, 0.05) is 37.3 Å². The first kappa shape index (κ1) is 24.5. The molecule has 6 nitrogen and oxygen atoms in total. The van der Waals surface area contributed by atoms with Gasteiger partial charge >= 0.3 is 6.18 Å². The van der Waals surface area contributed by atoms with Crippen molar-refractivity contribution in [2.24, 2.45) is 0 Å². The average molecular weight is 499 g/mol. The molecule has 1 N–H and O–H groups in total. The van der Waals surface area contributed by atoms with Crippen LogP contribution in [0, 0.1) is 0 Å². The summed E-state index contributed by atoms with van der Waals surface area (Å²) >= 11 is 0. The number of halogens is 3. The second-order valence-electron chi connectivity index (χ2n) is 9.37. The van der Waals surface area contributed by atoms with E-state index < -0.39 is 11.7 Å². The highest BCUT2D eigenvalue weighted by Gasteiger charge is 2.33. The summed E-state index contributed by atoms with van der Waals surface area (Å²) in [7, 11) is 0. The molecule has 9 heteroatoms. The Balaban J connectivity index is 1.34. The summed E-state index contributed by atoms with van der Waals surface area (Å²) < 4.78 is 44.4. The molecule has 3 aromatic rings. The summed E-state index contributed by atoms with van der Waals surface area (Å²) in [4.78, 5) is 17.7. The molecule has 190 valence electrons. The Morgan fingerprint density at radius 1 is 1.00 bits per heavy atom. The molecule has 3 heterocycles. The normalized spacial score (nSPS) is 19.4. The largest absolute Gasteiger partial charge is 0.416 e. The van der Waals surface area contributed by atoms with Gasteiger partial charge in [-0.1, -0.05) is 24.3 Å². The number of carbonyl (C=O) groups excluding carboxylic acids is 1. The lowest BCUT2D eigenvalue weighted by atomic mass is 9.93. The molecule has 0 bridgehead atoms. The quantitative estimate of drug-likeness (QED) is 0.519. The summed E-state index contributed by atoms with van der Waals surface area (Å²) in [5.41, 5.74) is 3.20. The van der Waals surface area contributed by atoms with Crippen LogP contribution in [0.1, 0.15) is 52.5 Å². The monoisotopic (exact) mass is 498 g/mol. The Bertz CT molecular complexity index is 1170. The standard InChI is InChI=1S/C27H29F3N4O2/c28-27(29,30)22-10-8-20(9-11-22)23-17-31-32-25(23)24-3-1-2-12-34(24)26(35)21-6-4-19(5-7-21)18-33-13-15-36-16-14-33/h4-11,17,24H,1-3,12-16,18H2,(H,31,32)/t24-/m1/s1. The fraction of sp³-hybridized carbons (Fsp3) is 0.407. The Labute approximate surface area is 208 Å². The van der Waals surface area contributed by atoms with Gasteiger partial charge in [0.15, 0.2) is 0 Å². The molecule has 2 fully saturated rings. The number of rotatable bonds is 5. The maximum atomic E-state index is 13.5. The van der Waals surface area contributed by atoms with Gasteiger partial charge in [0.2, 0.25) is 0 Å². The lowest BCUT2D eigenvalue weighted by Crippen LogP contribution is -2.39. The summed E-state index contributed by atoms with van der Waals surface area (Å²) in [5, 5.41) is 7.21. The number of hydrogen-bond acceptors (Lipinski definition) is 4. The number of nitrogens with zero attached hydrogens (tertiary/aromatic N) is 3. The van der Waals surface area contributed by atoms with Crippen molar-refractivity contribution < 1.29 is 22.7 Å². The van der Waals surface area contributed by atoms with Crippen molar-refractivity contribution in [3.63, 3.8) is 0 Å². The van der Waals surface area contributed by atoms with Crippen molar-refractivity contribution in [1.82, 2.24) is 20.0 Å². The highest BCUT2D eigenvalue weighted by Crippen LogP contribution is 2.37. The predicted octanol–water partition coefficient (Wildman–Crippen LogP) is 5.30. The molecular weight excluding hydrogens is 469 g/mol. The van der Waals surface area contributed by atoms with Crippen LogP contribution in [-0.4, -0.2) is 58.8 Å². The van der Waals surface area contributed by atoms with E-state index in [0.29, 0.717) is 23.2 Å². The third-order valence-electron chi connectivity index (χ3n) is 7.00. The number of H-pyrrole nitrogens is 1. The van der Waals surface area contributed by atoms with Crippen molar-refractivity contribution in [1.29, 1.82) is 0 Å². The molecular formula is C27H29F3N4O2. The van der Waals surface area contributed by atoms with Crippen LogP contribution >= 0.6 is 0 Å². The molecule has 0 aliphatic carbocycles. The zero-order valence-corrected chi connectivity index (χ0v) is 19.9. The molecule has 36 heavy (non-hydrogen) atoms. The fourth-order valence-corrected chi connectivity index (χ4v) is 5.03. The molecule has 2 saturated heterocycles. The summed E-state index contributed by atoms with van der Waals surface area (Å²) in [6.07, 6.45) is -0.145. The van der Waals surface area contributed by atoms with Gasteiger partial charge in [-0.2, -0.15) is 18.3 Å². The van der Waals surface area contributed by atoms with E-state index in [0.717, 1.165) is 75.5 Å². The summed E-state index contributed by atoms with van der Waals surface area (Å²) in [5.74, 6) is -0.0504. The van der Waals surface area contributed by atoms with E-state index in [2.05, 4.69) is 15.1 Å². The Morgan fingerprint density at radius 3 is 2.42 bits per heavy atom. The summed E-state index contributed by atoms with van der Waals surface area (Å²) in [6.45, 7) is 4.74. The van der Waals surface area contributed by atoms with E-state index in [1.165, 1.54) is 12.1 Å². The van der Waals surface area contributed by atoms with Gasteiger partial charge in [-0.15, -0.1) is 0 Å². The molecule has 0 saturated carbocycles. The number of benzene rings is 2. The molecule has 2 aliphatic heterocycles. The Hall–Kier alpha value is -3.17. The van der Waals surface area contributed by atoms with Crippen LogP contribution in [0.15, 0.2) is 54.7 Å². The maximum absolute atomic E-state index is 13.5. The van der Waals surface area contributed by atoms with E-state index in [4.69, 9.17) is 4.74 Å². The fourth-order valence-electron chi connectivity index (χ4n) is 5.03. The third kappa shape index (κ3) is 5.32. The second-order valence-corrected chi connectivity index (χ2v) is 9.37. The number of alkyl halides is 3. The number of likely N-dealkylation sites (tertiary alicyclic amines) is 1. The SMILES string of the molecule is O=C(c1ccc(CN2CCOCC2)cc1)N1CCCC[C@@H]1c1[nH]ncc1-c1ccc(C(F)(F)F)cc1. The predicted molar refractivity (Wildman–Crippen MR) is 129 cm³/mol. The zero-order chi connectivity index (χ0) is 25.1. The number of nitrogens with one attached hydrogen (secondary N) is 1. The molecule has 2 aliphatic rings. The Morgan fingerprint density at radius 2 is 1.72 bits per heavy atom. The number of aromatic nitrogens is 2. The van der Waals surface area contributed by atoms with Crippen LogP contribution in [0.5, 0.6) is 0 Å². The molecule has 1 amide bonds.